The number of likely N-dealkylation sites (tertiary alicyclic amines) is 1. The van der Waals surface area contributed by atoms with E-state index in [1.54, 1.807) is 0 Å². The molecule has 1 heterocycles. The second-order valence-electron chi connectivity index (χ2n) is 4.40. The Labute approximate surface area is 89.8 Å². The summed E-state index contributed by atoms with van der Waals surface area (Å²) in [5.41, 5.74) is -0.315. The standard InChI is InChI=1S/C9H19NO3S/c1-9(2,3)12-8(11)10-5-7(6-10)13-14-4/h7-8,11H,5-6H2,1-4H3. The van der Waals surface area contributed by atoms with Gasteiger partial charge < -0.3 is 14.0 Å². The van der Waals surface area contributed by atoms with Crippen molar-refractivity contribution in [2.45, 2.75) is 38.9 Å². The van der Waals surface area contributed by atoms with Gasteiger partial charge in [-0.1, -0.05) is 0 Å². The van der Waals surface area contributed by atoms with Crippen molar-refractivity contribution in [2.75, 3.05) is 19.3 Å². The van der Waals surface area contributed by atoms with Crippen LogP contribution in [0.3, 0.4) is 0 Å². The summed E-state index contributed by atoms with van der Waals surface area (Å²) in [4.78, 5) is 1.84. The van der Waals surface area contributed by atoms with Crippen molar-refractivity contribution in [3.8, 4) is 0 Å². The minimum Gasteiger partial charge on any atom is -0.356 e. The molecule has 0 saturated carbocycles. The molecule has 1 saturated heterocycles. The molecule has 1 aliphatic rings. The van der Waals surface area contributed by atoms with Crippen LogP contribution in [0.1, 0.15) is 20.8 Å². The van der Waals surface area contributed by atoms with Gasteiger partial charge in [-0.05, 0) is 32.8 Å². The van der Waals surface area contributed by atoms with E-state index in [-0.39, 0.29) is 11.7 Å². The molecule has 1 rings (SSSR count). The smallest absolute Gasteiger partial charge is 0.216 e. The van der Waals surface area contributed by atoms with Gasteiger partial charge in [-0.25, -0.2) is 4.90 Å². The summed E-state index contributed by atoms with van der Waals surface area (Å²) in [5, 5.41) is 9.63. The van der Waals surface area contributed by atoms with Gasteiger partial charge in [-0.2, -0.15) is 0 Å². The Morgan fingerprint density at radius 2 is 2.00 bits per heavy atom. The van der Waals surface area contributed by atoms with Crippen LogP contribution in [0, 0.1) is 0 Å². The van der Waals surface area contributed by atoms with E-state index in [1.807, 2.05) is 31.9 Å². The number of rotatable bonds is 4. The Morgan fingerprint density at radius 3 is 2.43 bits per heavy atom. The van der Waals surface area contributed by atoms with E-state index in [0.29, 0.717) is 0 Å². The van der Waals surface area contributed by atoms with Crippen LogP contribution < -0.4 is 0 Å². The van der Waals surface area contributed by atoms with Crippen LogP contribution in [0.5, 0.6) is 0 Å². The van der Waals surface area contributed by atoms with E-state index in [0.717, 1.165) is 13.1 Å². The molecule has 1 aliphatic heterocycles. The minimum atomic E-state index is -0.809. The molecule has 84 valence electrons. The van der Waals surface area contributed by atoms with E-state index >= 15 is 0 Å². The quantitative estimate of drug-likeness (QED) is 0.568. The third-order valence-corrected chi connectivity index (χ3v) is 2.34. The molecule has 0 spiro atoms. The normalized spacial score (nSPS) is 22.1. The fraction of sp³-hybridized carbons (Fsp3) is 1.00. The minimum absolute atomic E-state index is 0.225. The molecule has 0 aromatic rings. The number of aliphatic hydroxyl groups is 1. The highest BCUT2D eigenvalue weighted by atomic mass is 32.2. The van der Waals surface area contributed by atoms with Crippen molar-refractivity contribution >= 4 is 12.0 Å². The zero-order valence-electron chi connectivity index (χ0n) is 9.19. The molecule has 1 N–H and O–H groups in total. The summed E-state index contributed by atoms with van der Waals surface area (Å²) in [6.45, 7) is 7.24. The van der Waals surface area contributed by atoms with Crippen molar-refractivity contribution in [3.05, 3.63) is 0 Å². The second-order valence-corrected chi connectivity index (χ2v) is 4.92. The van der Waals surface area contributed by atoms with Gasteiger partial charge in [0.1, 0.15) is 0 Å². The largest absolute Gasteiger partial charge is 0.356 e. The molecular weight excluding hydrogens is 202 g/mol. The summed E-state index contributed by atoms with van der Waals surface area (Å²) in [6, 6.07) is 0. The van der Waals surface area contributed by atoms with Crippen LogP contribution in [0.25, 0.3) is 0 Å². The molecule has 1 unspecified atom stereocenters. The monoisotopic (exact) mass is 221 g/mol. The Hall–Kier alpha value is 0.190. The molecule has 0 amide bonds. The molecule has 0 aliphatic carbocycles. The maximum Gasteiger partial charge on any atom is 0.216 e. The van der Waals surface area contributed by atoms with Gasteiger partial charge in [0.25, 0.3) is 0 Å². The molecule has 1 fully saturated rings. The van der Waals surface area contributed by atoms with Crippen molar-refractivity contribution in [3.63, 3.8) is 0 Å². The third-order valence-electron chi connectivity index (χ3n) is 1.88. The number of nitrogens with zero attached hydrogens (tertiary/aromatic N) is 1. The molecule has 0 bridgehead atoms. The van der Waals surface area contributed by atoms with Gasteiger partial charge in [0, 0.05) is 19.3 Å². The predicted molar refractivity (Wildman–Crippen MR) is 56.8 cm³/mol. The second kappa shape index (κ2) is 4.81. The van der Waals surface area contributed by atoms with Crippen molar-refractivity contribution in [1.29, 1.82) is 0 Å². The van der Waals surface area contributed by atoms with E-state index in [2.05, 4.69) is 0 Å². The molecular formula is C9H19NO3S. The highest BCUT2D eigenvalue weighted by molar-refractivity contribution is 7.93. The van der Waals surface area contributed by atoms with Gasteiger partial charge in [0.05, 0.1) is 11.7 Å². The Bertz CT molecular complexity index is 177. The summed E-state index contributed by atoms with van der Waals surface area (Å²) < 4.78 is 10.7. The zero-order chi connectivity index (χ0) is 10.8. The number of ether oxygens (including phenoxy) is 1. The lowest BCUT2D eigenvalue weighted by molar-refractivity contribution is -0.264. The summed E-state index contributed by atoms with van der Waals surface area (Å²) in [6.07, 6.45) is 1.31. The van der Waals surface area contributed by atoms with Gasteiger partial charge >= 0.3 is 0 Å². The predicted octanol–water partition coefficient (Wildman–Crippen LogP) is 1.06. The SMILES string of the molecule is CSOC1CN(C(O)OC(C)(C)C)C1. The summed E-state index contributed by atoms with van der Waals surface area (Å²) >= 11 is 1.36. The van der Waals surface area contributed by atoms with Gasteiger partial charge in [0.15, 0.2) is 0 Å². The lowest BCUT2D eigenvalue weighted by Crippen LogP contribution is -2.57. The highest BCUT2D eigenvalue weighted by Gasteiger charge is 2.34. The van der Waals surface area contributed by atoms with E-state index in [9.17, 15) is 5.11 Å². The Morgan fingerprint density at radius 1 is 1.43 bits per heavy atom. The molecule has 4 nitrogen and oxygen atoms in total. The van der Waals surface area contributed by atoms with Crippen molar-refractivity contribution in [1.82, 2.24) is 4.90 Å². The van der Waals surface area contributed by atoms with Gasteiger partial charge in [0.2, 0.25) is 6.41 Å². The lowest BCUT2D eigenvalue weighted by atomic mass is 10.2. The Kier molecular flexibility index (Phi) is 4.21. The van der Waals surface area contributed by atoms with E-state index in [1.165, 1.54) is 12.0 Å². The third kappa shape index (κ3) is 3.74. The first kappa shape index (κ1) is 12.3. The number of hydrogen-bond acceptors (Lipinski definition) is 5. The van der Waals surface area contributed by atoms with Crippen LogP contribution in [0.15, 0.2) is 0 Å². The maximum absolute atomic E-state index is 9.63. The maximum atomic E-state index is 9.63. The number of hydrogen-bond donors (Lipinski definition) is 1. The number of aliphatic hydroxyl groups excluding tert-OH is 1. The molecule has 1 atom stereocenters. The van der Waals surface area contributed by atoms with Crippen LogP contribution in [-0.4, -0.2) is 47.5 Å². The molecule has 5 heteroatoms. The van der Waals surface area contributed by atoms with Crippen molar-refractivity contribution in [2.24, 2.45) is 0 Å². The van der Waals surface area contributed by atoms with Crippen LogP contribution in [-0.2, 0) is 8.92 Å². The van der Waals surface area contributed by atoms with Gasteiger partial charge in [-0.15, -0.1) is 0 Å². The first-order chi connectivity index (χ1) is 6.42. The van der Waals surface area contributed by atoms with Crippen LogP contribution >= 0.6 is 12.0 Å². The van der Waals surface area contributed by atoms with Crippen LogP contribution in [0.4, 0.5) is 0 Å². The fourth-order valence-electron chi connectivity index (χ4n) is 1.24. The lowest BCUT2D eigenvalue weighted by Gasteiger charge is -2.42. The summed E-state index contributed by atoms with van der Waals surface area (Å²) in [7, 11) is 0. The molecule has 0 aromatic heterocycles. The van der Waals surface area contributed by atoms with E-state index in [4.69, 9.17) is 8.92 Å². The topological polar surface area (TPSA) is 41.9 Å². The highest BCUT2D eigenvalue weighted by Crippen LogP contribution is 2.21. The van der Waals surface area contributed by atoms with Crippen molar-refractivity contribution < 1.29 is 14.0 Å². The average molecular weight is 221 g/mol. The Balaban J connectivity index is 2.19. The summed E-state index contributed by atoms with van der Waals surface area (Å²) in [5.74, 6) is 0. The molecule has 0 aromatic carbocycles. The van der Waals surface area contributed by atoms with Crippen LogP contribution in [0.2, 0.25) is 0 Å². The molecule has 14 heavy (non-hydrogen) atoms. The fourth-order valence-corrected chi connectivity index (χ4v) is 1.63. The first-order valence-corrected chi connectivity index (χ1v) is 5.87. The molecule has 0 radical (unpaired) electrons. The van der Waals surface area contributed by atoms with E-state index < -0.39 is 6.41 Å². The first-order valence-electron chi connectivity index (χ1n) is 4.72. The zero-order valence-corrected chi connectivity index (χ0v) is 10.0. The van der Waals surface area contributed by atoms with Gasteiger partial charge in [-0.3, -0.25) is 0 Å². The average Bonchev–Trinajstić information content (AvgIpc) is 1.91.